The predicted molar refractivity (Wildman–Crippen MR) is 175 cm³/mol. The summed E-state index contributed by atoms with van der Waals surface area (Å²) in [4.78, 5) is 29.8. The normalized spacial score (nSPS) is 12.4. The monoisotopic (exact) mass is 620 g/mol. The fourth-order valence-electron chi connectivity index (χ4n) is 5.34. The zero-order valence-corrected chi connectivity index (χ0v) is 27.1. The number of aryl methyl sites for hydroxylation is 2. The minimum atomic E-state index is -4.01. The van der Waals surface area contributed by atoms with Crippen molar-refractivity contribution in [1.29, 1.82) is 0 Å². The first-order valence-electron chi connectivity index (χ1n) is 14.6. The SMILES string of the molecule is CCCc1nc2c(C)cc(C(=O)NC(CS)CC(C)C)cc2n1Cc1ccc(-c2ccccc2S(=O)(=O)NC(C)=O)cc1. The lowest BCUT2D eigenvalue weighted by molar-refractivity contribution is -0.117. The van der Waals surface area contributed by atoms with E-state index in [9.17, 15) is 18.0 Å². The second-order valence-corrected chi connectivity index (χ2v) is 13.4. The van der Waals surface area contributed by atoms with Crippen LogP contribution < -0.4 is 10.0 Å². The van der Waals surface area contributed by atoms with Gasteiger partial charge in [-0.05, 0) is 60.6 Å². The minimum absolute atomic E-state index is 0.00993. The molecule has 1 unspecified atom stereocenters. The molecule has 228 valence electrons. The molecular weight excluding hydrogens is 581 g/mol. The second-order valence-electron chi connectivity index (χ2n) is 11.4. The highest BCUT2D eigenvalue weighted by molar-refractivity contribution is 7.90. The second kappa shape index (κ2) is 13.8. The summed E-state index contributed by atoms with van der Waals surface area (Å²) in [5.41, 5.74) is 5.53. The standard InChI is InChI=1S/C33H40N4O4S2/c1-6-9-31-35-32-22(4)17-26(33(39)34-27(20-42)16-21(2)3)18-29(32)37(31)19-24-12-14-25(15-13-24)28-10-7-8-11-30(28)43(40,41)36-23(5)38/h7-8,10-15,17-18,21,27,42H,6,9,16,19-20H2,1-5H3,(H,34,39)(H,36,38). The Bertz CT molecular complexity index is 1730. The average molecular weight is 621 g/mol. The summed E-state index contributed by atoms with van der Waals surface area (Å²) in [5, 5.41) is 3.14. The molecule has 8 nitrogen and oxygen atoms in total. The van der Waals surface area contributed by atoms with Gasteiger partial charge in [0.1, 0.15) is 5.82 Å². The van der Waals surface area contributed by atoms with E-state index < -0.39 is 15.9 Å². The molecule has 0 aliphatic heterocycles. The van der Waals surface area contributed by atoms with Gasteiger partial charge in [-0.3, -0.25) is 9.59 Å². The molecule has 0 fully saturated rings. The Labute approximate surface area is 259 Å². The molecular formula is C33H40N4O4S2. The fraction of sp³-hybridized carbons (Fsp3) is 0.364. The molecule has 1 heterocycles. The van der Waals surface area contributed by atoms with Crippen LogP contribution in [0.15, 0.2) is 65.6 Å². The Morgan fingerprint density at radius 3 is 2.37 bits per heavy atom. The lowest BCUT2D eigenvalue weighted by atomic mass is 10.0. The minimum Gasteiger partial charge on any atom is -0.348 e. The van der Waals surface area contributed by atoms with E-state index in [0.717, 1.165) is 47.2 Å². The highest BCUT2D eigenvalue weighted by Crippen LogP contribution is 2.29. The van der Waals surface area contributed by atoms with Crippen LogP contribution in [-0.4, -0.2) is 41.6 Å². The summed E-state index contributed by atoms with van der Waals surface area (Å²) in [6.45, 7) is 10.1. The molecule has 0 aliphatic carbocycles. The van der Waals surface area contributed by atoms with Crippen LogP contribution >= 0.6 is 12.6 Å². The first kappa shape index (κ1) is 32.3. The molecule has 0 radical (unpaired) electrons. The Morgan fingerprint density at radius 2 is 1.74 bits per heavy atom. The first-order chi connectivity index (χ1) is 20.4. The van der Waals surface area contributed by atoms with Gasteiger partial charge in [0.15, 0.2) is 0 Å². The van der Waals surface area contributed by atoms with Crippen LogP contribution in [0.3, 0.4) is 0 Å². The Hall–Kier alpha value is -3.63. The number of thiol groups is 1. The fourth-order valence-corrected chi connectivity index (χ4v) is 6.80. The van der Waals surface area contributed by atoms with Crippen LogP contribution in [0.25, 0.3) is 22.2 Å². The van der Waals surface area contributed by atoms with Gasteiger partial charge in [-0.1, -0.05) is 63.2 Å². The third kappa shape index (κ3) is 7.67. The van der Waals surface area contributed by atoms with Crippen LogP contribution in [-0.2, 0) is 27.8 Å². The van der Waals surface area contributed by atoms with Crippen molar-refractivity contribution in [3.63, 3.8) is 0 Å². The van der Waals surface area contributed by atoms with Crippen molar-refractivity contribution in [1.82, 2.24) is 19.6 Å². The van der Waals surface area contributed by atoms with Gasteiger partial charge in [0.05, 0.1) is 15.9 Å². The number of benzene rings is 3. The maximum atomic E-state index is 13.3. The predicted octanol–water partition coefficient (Wildman–Crippen LogP) is 5.91. The van der Waals surface area contributed by atoms with E-state index in [4.69, 9.17) is 4.98 Å². The number of aromatic nitrogens is 2. The van der Waals surface area contributed by atoms with E-state index in [1.165, 1.54) is 13.0 Å². The lowest BCUT2D eigenvalue weighted by Gasteiger charge is -2.19. The van der Waals surface area contributed by atoms with Crippen molar-refractivity contribution in [3.05, 3.63) is 83.2 Å². The number of sulfonamides is 1. The summed E-state index contributed by atoms with van der Waals surface area (Å²) in [5.74, 6) is 1.20. The number of amides is 2. The van der Waals surface area contributed by atoms with E-state index >= 15 is 0 Å². The third-order valence-electron chi connectivity index (χ3n) is 7.23. The number of rotatable bonds is 12. The molecule has 2 N–H and O–H groups in total. The van der Waals surface area contributed by atoms with Gasteiger partial charge in [-0.15, -0.1) is 0 Å². The summed E-state index contributed by atoms with van der Waals surface area (Å²) in [6.07, 6.45) is 2.57. The summed E-state index contributed by atoms with van der Waals surface area (Å²) < 4.78 is 29.8. The third-order valence-corrected chi connectivity index (χ3v) is 9.16. The number of imidazole rings is 1. The number of carbonyl (C=O) groups excluding carboxylic acids is 2. The van der Waals surface area contributed by atoms with Crippen LogP contribution in [0.5, 0.6) is 0 Å². The molecule has 4 aromatic rings. The molecule has 2 amide bonds. The van der Waals surface area contributed by atoms with Crippen molar-refractivity contribution in [3.8, 4) is 11.1 Å². The Morgan fingerprint density at radius 1 is 1.05 bits per heavy atom. The largest absolute Gasteiger partial charge is 0.348 e. The van der Waals surface area contributed by atoms with Crippen molar-refractivity contribution in [2.45, 2.75) is 71.4 Å². The molecule has 3 aromatic carbocycles. The molecule has 4 rings (SSSR count). The first-order valence-corrected chi connectivity index (χ1v) is 16.7. The van der Waals surface area contributed by atoms with Gasteiger partial charge in [-0.2, -0.15) is 12.6 Å². The molecule has 0 saturated carbocycles. The summed E-state index contributed by atoms with van der Waals surface area (Å²) in [7, 11) is -4.01. The molecule has 43 heavy (non-hydrogen) atoms. The molecule has 1 aromatic heterocycles. The summed E-state index contributed by atoms with van der Waals surface area (Å²) in [6, 6.07) is 18.1. The molecule has 10 heteroatoms. The lowest BCUT2D eigenvalue weighted by Crippen LogP contribution is -2.37. The highest BCUT2D eigenvalue weighted by atomic mass is 32.2. The number of nitrogens with zero attached hydrogens (tertiary/aromatic N) is 2. The van der Waals surface area contributed by atoms with Crippen LogP contribution in [0.2, 0.25) is 0 Å². The van der Waals surface area contributed by atoms with Crippen molar-refractivity contribution in [2.24, 2.45) is 5.92 Å². The zero-order chi connectivity index (χ0) is 31.3. The topological polar surface area (TPSA) is 110 Å². The van der Waals surface area contributed by atoms with Gasteiger partial charge in [0, 0.05) is 42.8 Å². The molecule has 1 atom stereocenters. The number of hydrogen-bond acceptors (Lipinski definition) is 6. The number of fused-ring (bicyclic) bond motifs is 1. The van der Waals surface area contributed by atoms with E-state index in [1.807, 2.05) is 43.3 Å². The van der Waals surface area contributed by atoms with Gasteiger partial charge in [0.2, 0.25) is 5.91 Å². The number of hydrogen-bond donors (Lipinski definition) is 3. The maximum absolute atomic E-state index is 13.3. The van der Waals surface area contributed by atoms with Gasteiger partial charge >= 0.3 is 0 Å². The van der Waals surface area contributed by atoms with Crippen molar-refractivity contribution >= 4 is 45.5 Å². The molecule has 0 spiro atoms. The molecule has 0 saturated heterocycles. The smallest absolute Gasteiger partial charge is 0.264 e. The molecule has 0 bridgehead atoms. The van der Waals surface area contributed by atoms with Crippen LogP contribution in [0.1, 0.15) is 67.8 Å². The highest BCUT2D eigenvalue weighted by Gasteiger charge is 2.21. The van der Waals surface area contributed by atoms with E-state index in [1.54, 1.807) is 18.2 Å². The Kier molecular flexibility index (Phi) is 10.3. The Balaban J connectivity index is 1.68. The summed E-state index contributed by atoms with van der Waals surface area (Å²) >= 11 is 4.44. The number of carbonyl (C=O) groups is 2. The maximum Gasteiger partial charge on any atom is 0.264 e. The van der Waals surface area contributed by atoms with Crippen LogP contribution in [0.4, 0.5) is 0 Å². The molecule has 0 aliphatic rings. The van der Waals surface area contributed by atoms with E-state index in [-0.39, 0.29) is 16.8 Å². The quantitative estimate of drug-likeness (QED) is 0.171. The van der Waals surface area contributed by atoms with Gasteiger partial charge < -0.3 is 9.88 Å². The average Bonchev–Trinajstić information content (AvgIpc) is 3.29. The van der Waals surface area contributed by atoms with Gasteiger partial charge in [0.25, 0.3) is 15.9 Å². The van der Waals surface area contributed by atoms with E-state index in [2.05, 4.69) is 48.0 Å². The van der Waals surface area contributed by atoms with E-state index in [0.29, 0.717) is 34.9 Å². The zero-order valence-electron chi connectivity index (χ0n) is 25.3. The van der Waals surface area contributed by atoms with Gasteiger partial charge in [-0.25, -0.2) is 18.1 Å². The van der Waals surface area contributed by atoms with Crippen LogP contribution in [0, 0.1) is 12.8 Å². The number of nitrogens with one attached hydrogen (secondary N) is 2. The van der Waals surface area contributed by atoms with Crippen molar-refractivity contribution < 1.29 is 18.0 Å². The van der Waals surface area contributed by atoms with Crippen molar-refractivity contribution in [2.75, 3.05) is 5.75 Å².